The summed E-state index contributed by atoms with van der Waals surface area (Å²) < 4.78 is 12.8. The fraction of sp³-hybridized carbons (Fsp3) is 0.385. The van der Waals surface area contributed by atoms with E-state index in [0.29, 0.717) is 6.42 Å². The highest BCUT2D eigenvalue weighted by molar-refractivity contribution is 5.42. The molecule has 80 valence electrons. The van der Waals surface area contributed by atoms with E-state index in [2.05, 4.69) is 11.8 Å². The van der Waals surface area contributed by atoms with E-state index in [0.717, 1.165) is 11.1 Å². The molecule has 0 aliphatic carbocycles. The lowest BCUT2D eigenvalue weighted by Crippen LogP contribution is -2.19. The predicted molar refractivity (Wildman–Crippen MR) is 58.9 cm³/mol. The first kappa shape index (κ1) is 11.7. The molecule has 0 spiro atoms. The maximum Gasteiger partial charge on any atom is 0.123 e. The number of hydrogen-bond donors (Lipinski definition) is 1. The number of aryl methyl sites for hydroxylation is 1. The molecule has 1 unspecified atom stereocenters. The van der Waals surface area contributed by atoms with Gasteiger partial charge in [0.2, 0.25) is 0 Å². The molecule has 1 aromatic rings. The lowest BCUT2D eigenvalue weighted by Gasteiger charge is -2.12. The second-order valence-corrected chi connectivity index (χ2v) is 3.84. The minimum Gasteiger partial charge on any atom is -0.378 e. The average molecular weight is 206 g/mol. The molecule has 0 saturated carbocycles. The van der Waals surface area contributed by atoms with Gasteiger partial charge in [-0.1, -0.05) is 18.8 Å². The van der Waals surface area contributed by atoms with E-state index in [4.69, 9.17) is 0 Å². The van der Waals surface area contributed by atoms with Gasteiger partial charge in [0.15, 0.2) is 0 Å². The Bertz CT molecular complexity index is 410. The van der Waals surface area contributed by atoms with E-state index in [1.807, 2.05) is 6.92 Å². The molecule has 0 amide bonds. The van der Waals surface area contributed by atoms with E-state index < -0.39 is 5.60 Å². The monoisotopic (exact) mass is 206 g/mol. The van der Waals surface area contributed by atoms with Crippen LogP contribution in [0.5, 0.6) is 0 Å². The third-order valence-electron chi connectivity index (χ3n) is 2.34. The van der Waals surface area contributed by atoms with Gasteiger partial charge >= 0.3 is 0 Å². The standard InChI is InChI=1S/C13H15FO/c1-4-13(3,15)8-7-11-5-6-12(14)9-10(11)2/h5-6,9,15H,4H2,1-3H3. The molecule has 0 heterocycles. The minimum atomic E-state index is -0.971. The van der Waals surface area contributed by atoms with Gasteiger partial charge in [-0.05, 0) is 44.0 Å². The van der Waals surface area contributed by atoms with Crippen molar-refractivity contribution >= 4 is 0 Å². The fourth-order valence-electron chi connectivity index (χ4n) is 1.06. The highest BCUT2D eigenvalue weighted by Gasteiger charge is 2.12. The molecule has 0 bridgehead atoms. The van der Waals surface area contributed by atoms with Crippen LogP contribution >= 0.6 is 0 Å². The minimum absolute atomic E-state index is 0.264. The van der Waals surface area contributed by atoms with E-state index in [-0.39, 0.29) is 5.82 Å². The van der Waals surface area contributed by atoms with Gasteiger partial charge < -0.3 is 5.11 Å². The summed E-state index contributed by atoms with van der Waals surface area (Å²) in [5.41, 5.74) is 0.570. The van der Waals surface area contributed by atoms with Crippen LogP contribution in [-0.2, 0) is 0 Å². The molecule has 1 aromatic carbocycles. The first-order valence-electron chi connectivity index (χ1n) is 4.96. The molecule has 0 aliphatic heterocycles. The van der Waals surface area contributed by atoms with Gasteiger partial charge in [-0.15, -0.1) is 0 Å². The highest BCUT2D eigenvalue weighted by Crippen LogP contribution is 2.10. The topological polar surface area (TPSA) is 20.2 Å². The lowest BCUT2D eigenvalue weighted by atomic mass is 10.0. The zero-order valence-corrected chi connectivity index (χ0v) is 9.26. The highest BCUT2D eigenvalue weighted by atomic mass is 19.1. The summed E-state index contributed by atoms with van der Waals surface area (Å²) in [4.78, 5) is 0. The molecule has 0 fully saturated rings. The molecule has 0 aliphatic rings. The van der Waals surface area contributed by atoms with Crippen LogP contribution in [0.1, 0.15) is 31.4 Å². The molecule has 0 radical (unpaired) electrons. The van der Waals surface area contributed by atoms with E-state index in [9.17, 15) is 9.50 Å². The molecular formula is C13H15FO. The number of benzene rings is 1. The van der Waals surface area contributed by atoms with Crippen LogP contribution in [0.15, 0.2) is 18.2 Å². The normalized spacial score (nSPS) is 13.9. The molecule has 1 nitrogen and oxygen atoms in total. The van der Waals surface area contributed by atoms with Crippen molar-refractivity contribution < 1.29 is 9.50 Å². The molecule has 0 aromatic heterocycles. The third-order valence-corrected chi connectivity index (χ3v) is 2.34. The number of hydrogen-bond acceptors (Lipinski definition) is 1. The molecular weight excluding hydrogens is 191 g/mol. The molecule has 1 atom stereocenters. The lowest BCUT2D eigenvalue weighted by molar-refractivity contribution is 0.118. The molecule has 1 rings (SSSR count). The smallest absolute Gasteiger partial charge is 0.123 e. The second-order valence-electron chi connectivity index (χ2n) is 3.84. The van der Waals surface area contributed by atoms with Gasteiger partial charge in [0.05, 0.1) is 0 Å². The summed E-state index contributed by atoms with van der Waals surface area (Å²) in [6, 6.07) is 4.44. The quantitative estimate of drug-likeness (QED) is 0.700. The number of aliphatic hydroxyl groups is 1. The van der Waals surface area contributed by atoms with Crippen molar-refractivity contribution in [1.82, 2.24) is 0 Å². The maximum absolute atomic E-state index is 12.8. The summed E-state index contributed by atoms with van der Waals surface area (Å²) in [7, 11) is 0. The largest absolute Gasteiger partial charge is 0.378 e. The Morgan fingerprint density at radius 2 is 2.13 bits per heavy atom. The van der Waals surface area contributed by atoms with Gasteiger partial charge in [-0.3, -0.25) is 0 Å². The third kappa shape index (κ3) is 3.38. The molecule has 2 heteroatoms. The van der Waals surface area contributed by atoms with Crippen molar-refractivity contribution in [2.24, 2.45) is 0 Å². The van der Waals surface area contributed by atoms with Gasteiger partial charge in [0.1, 0.15) is 11.4 Å². The summed E-state index contributed by atoms with van der Waals surface area (Å²) in [6.07, 6.45) is 0.570. The van der Waals surface area contributed by atoms with Crippen LogP contribution in [0.25, 0.3) is 0 Å². The van der Waals surface area contributed by atoms with Crippen LogP contribution in [0, 0.1) is 24.6 Å². The van der Waals surface area contributed by atoms with Crippen molar-refractivity contribution in [3.05, 3.63) is 35.1 Å². The zero-order chi connectivity index (χ0) is 11.5. The number of rotatable bonds is 1. The van der Waals surface area contributed by atoms with Crippen molar-refractivity contribution in [3.8, 4) is 11.8 Å². The fourth-order valence-corrected chi connectivity index (χ4v) is 1.06. The zero-order valence-electron chi connectivity index (χ0n) is 9.26. The summed E-state index contributed by atoms with van der Waals surface area (Å²) >= 11 is 0. The summed E-state index contributed by atoms with van der Waals surface area (Å²) in [6.45, 7) is 5.33. The Hall–Kier alpha value is -1.33. The van der Waals surface area contributed by atoms with Crippen LogP contribution < -0.4 is 0 Å². The predicted octanol–water partition coefficient (Wildman–Crippen LogP) is 2.65. The number of halogens is 1. The van der Waals surface area contributed by atoms with Crippen LogP contribution in [0.3, 0.4) is 0 Å². The average Bonchev–Trinajstić information content (AvgIpc) is 2.16. The molecule has 1 N–H and O–H groups in total. The molecule has 15 heavy (non-hydrogen) atoms. The SMILES string of the molecule is CCC(C)(O)C#Cc1ccc(F)cc1C. The Balaban J connectivity index is 2.99. The Morgan fingerprint density at radius 1 is 1.47 bits per heavy atom. The van der Waals surface area contributed by atoms with Gasteiger partial charge in [0, 0.05) is 5.56 Å². The first-order chi connectivity index (χ1) is 6.94. The second kappa shape index (κ2) is 4.46. The molecule has 0 saturated heterocycles. The summed E-state index contributed by atoms with van der Waals surface area (Å²) in [5.74, 6) is 5.37. The van der Waals surface area contributed by atoms with Crippen molar-refractivity contribution in [1.29, 1.82) is 0 Å². The van der Waals surface area contributed by atoms with Gasteiger partial charge in [-0.25, -0.2) is 4.39 Å². The maximum atomic E-state index is 12.8. The van der Waals surface area contributed by atoms with E-state index in [1.165, 1.54) is 12.1 Å². The van der Waals surface area contributed by atoms with Gasteiger partial charge in [-0.2, -0.15) is 0 Å². The Kier molecular flexibility index (Phi) is 3.49. The Morgan fingerprint density at radius 3 is 2.67 bits per heavy atom. The first-order valence-corrected chi connectivity index (χ1v) is 4.96. The van der Waals surface area contributed by atoms with Crippen molar-refractivity contribution in [3.63, 3.8) is 0 Å². The van der Waals surface area contributed by atoms with Crippen molar-refractivity contribution in [2.75, 3.05) is 0 Å². The van der Waals surface area contributed by atoms with Crippen LogP contribution in [0.2, 0.25) is 0 Å². The van der Waals surface area contributed by atoms with E-state index in [1.54, 1.807) is 19.9 Å². The Labute approximate surface area is 89.9 Å². The van der Waals surface area contributed by atoms with E-state index >= 15 is 0 Å². The van der Waals surface area contributed by atoms with Gasteiger partial charge in [0.25, 0.3) is 0 Å². The summed E-state index contributed by atoms with van der Waals surface area (Å²) in [5, 5.41) is 9.68. The van der Waals surface area contributed by atoms with Crippen LogP contribution in [-0.4, -0.2) is 10.7 Å². The van der Waals surface area contributed by atoms with Crippen LogP contribution in [0.4, 0.5) is 4.39 Å². The van der Waals surface area contributed by atoms with Crippen molar-refractivity contribution in [2.45, 2.75) is 32.8 Å².